The fourth-order valence-corrected chi connectivity index (χ4v) is 4.13. The number of thiazole rings is 1. The van der Waals surface area contributed by atoms with Crippen LogP contribution < -0.4 is 10.6 Å². The lowest BCUT2D eigenvalue weighted by atomic mass is 10.1. The van der Waals surface area contributed by atoms with Crippen LogP contribution in [0.1, 0.15) is 24.4 Å². The largest absolute Gasteiger partial charge is 0.383 e. The Balaban J connectivity index is 1.63. The van der Waals surface area contributed by atoms with Crippen molar-refractivity contribution in [3.05, 3.63) is 63.8 Å². The lowest BCUT2D eigenvalue weighted by Crippen LogP contribution is -2.44. The third-order valence-electron chi connectivity index (χ3n) is 3.97. The van der Waals surface area contributed by atoms with E-state index in [0.717, 1.165) is 27.7 Å². The molecule has 1 unspecified atom stereocenters. The van der Waals surface area contributed by atoms with Crippen molar-refractivity contribution in [2.24, 2.45) is 4.99 Å². The van der Waals surface area contributed by atoms with Crippen LogP contribution in [0.15, 0.2) is 58.2 Å². The zero-order chi connectivity index (χ0) is 19.1. The molecule has 7 heteroatoms. The minimum absolute atomic E-state index is 0.381. The van der Waals surface area contributed by atoms with Gasteiger partial charge >= 0.3 is 0 Å². The minimum atomic E-state index is -0.939. The Morgan fingerprint density at radius 3 is 2.67 bits per heavy atom. The molecule has 0 spiro atoms. The van der Waals surface area contributed by atoms with Crippen molar-refractivity contribution in [3.8, 4) is 10.6 Å². The average molecular weight is 401 g/mol. The molecule has 2 aromatic heterocycles. The van der Waals surface area contributed by atoms with Gasteiger partial charge in [0, 0.05) is 22.4 Å². The normalized spacial score (nSPS) is 14.0. The zero-order valence-electron chi connectivity index (χ0n) is 15.5. The van der Waals surface area contributed by atoms with Gasteiger partial charge in [0.2, 0.25) is 0 Å². The van der Waals surface area contributed by atoms with E-state index in [9.17, 15) is 5.11 Å². The van der Waals surface area contributed by atoms with E-state index in [2.05, 4.69) is 32.7 Å². The molecule has 0 saturated carbocycles. The van der Waals surface area contributed by atoms with Crippen LogP contribution in [0, 0.1) is 0 Å². The molecule has 5 nitrogen and oxygen atoms in total. The number of thiophene rings is 1. The summed E-state index contributed by atoms with van der Waals surface area (Å²) >= 11 is 3.17. The highest BCUT2D eigenvalue weighted by molar-refractivity contribution is 7.13. The molecule has 0 aliphatic rings. The molecule has 27 heavy (non-hydrogen) atoms. The molecular weight excluding hydrogens is 376 g/mol. The average Bonchev–Trinajstić information content (AvgIpc) is 3.37. The molecule has 0 amide bonds. The van der Waals surface area contributed by atoms with Gasteiger partial charge in [-0.3, -0.25) is 0 Å². The van der Waals surface area contributed by atoms with Gasteiger partial charge in [0.15, 0.2) is 5.96 Å². The SMILES string of the molecule is CCNC(=NCc1csc(-c2ccccc2)n1)NCC(C)(O)c1cccs1. The van der Waals surface area contributed by atoms with Gasteiger partial charge in [-0.2, -0.15) is 0 Å². The maximum absolute atomic E-state index is 10.7. The van der Waals surface area contributed by atoms with Crippen molar-refractivity contribution in [2.75, 3.05) is 13.1 Å². The second kappa shape index (κ2) is 9.12. The molecule has 0 saturated heterocycles. The summed E-state index contributed by atoms with van der Waals surface area (Å²) in [6.07, 6.45) is 0. The van der Waals surface area contributed by atoms with E-state index in [-0.39, 0.29) is 0 Å². The fourth-order valence-electron chi connectivity index (χ4n) is 2.52. The van der Waals surface area contributed by atoms with Crippen molar-refractivity contribution in [3.63, 3.8) is 0 Å². The summed E-state index contributed by atoms with van der Waals surface area (Å²) in [5, 5.41) is 22.1. The highest BCUT2D eigenvalue weighted by atomic mass is 32.1. The van der Waals surface area contributed by atoms with Crippen LogP contribution in [-0.4, -0.2) is 29.1 Å². The van der Waals surface area contributed by atoms with E-state index in [1.807, 2.05) is 54.9 Å². The van der Waals surface area contributed by atoms with E-state index in [0.29, 0.717) is 19.0 Å². The van der Waals surface area contributed by atoms with Gasteiger partial charge in [-0.25, -0.2) is 9.98 Å². The number of guanidine groups is 1. The lowest BCUT2D eigenvalue weighted by molar-refractivity contribution is 0.0655. The second-order valence-electron chi connectivity index (χ2n) is 6.31. The van der Waals surface area contributed by atoms with Gasteiger partial charge < -0.3 is 15.7 Å². The monoisotopic (exact) mass is 400 g/mol. The molecule has 1 aromatic carbocycles. The van der Waals surface area contributed by atoms with E-state index in [1.54, 1.807) is 22.7 Å². The fraction of sp³-hybridized carbons (Fsp3) is 0.300. The minimum Gasteiger partial charge on any atom is -0.383 e. The molecule has 0 bridgehead atoms. The van der Waals surface area contributed by atoms with Gasteiger partial charge in [-0.1, -0.05) is 36.4 Å². The van der Waals surface area contributed by atoms with Crippen molar-refractivity contribution >= 4 is 28.6 Å². The van der Waals surface area contributed by atoms with Gasteiger partial charge in [0.05, 0.1) is 18.8 Å². The number of aliphatic imine (C=N–C) groups is 1. The number of hydrogen-bond donors (Lipinski definition) is 3. The summed E-state index contributed by atoms with van der Waals surface area (Å²) < 4.78 is 0. The van der Waals surface area contributed by atoms with Crippen LogP contribution in [0.3, 0.4) is 0 Å². The van der Waals surface area contributed by atoms with Gasteiger partial charge in [0.1, 0.15) is 10.6 Å². The standard InChI is InChI=1S/C20H24N4OS2/c1-3-21-19(23-14-20(2,25)17-10-7-11-26-17)22-12-16-13-27-18(24-16)15-8-5-4-6-9-15/h4-11,13,25H,3,12,14H2,1-2H3,(H2,21,22,23). The van der Waals surface area contributed by atoms with Crippen LogP contribution in [-0.2, 0) is 12.1 Å². The number of aromatic nitrogens is 1. The Morgan fingerprint density at radius 2 is 1.96 bits per heavy atom. The molecule has 1 atom stereocenters. The summed E-state index contributed by atoms with van der Waals surface area (Å²) in [5.41, 5.74) is 1.11. The highest BCUT2D eigenvalue weighted by Gasteiger charge is 2.24. The van der Waals surface area contributed by atoms with E-state index in [4.69, 9.17) is 0 Å². The number of benzene rings is 1. The van der Waals surface area contributed by atoms with Crippen LogP contribution in [0.2, 0.25) is 0 Å². The van der Waals surface area contributed by atoms with Crippen molar-refractivity contribution in [1.29, 1.82) is 0 Å². The van der Waals surface area contributed by atoms with Gasteiger partial charge in [-0.15, -0.1) is 22.7 Å². The van der Waals surface area contributed by atoms with Crippen molar-refractivity contribution < 1.29 is 5.11 Å². The van der Waals surface area contributed by atoms with E-state index in [1.165, 1.54) is 0 Å². The summed E-state index contributed by atoms with van der Waals surface area (Å²) in [5.74, 6) is 0.670. The molecule has 142 valence electrons. The molecule has 2 heterocycles. The summed E-state index contributed by atoms with van der Waals surface area (Å²) in [6, 6.07) is 14.0. The summed E-state index contributed by atoms with van der Waals surface area (Å²) in [7, 11) is 0. The summed E-state index contributed by atoms with van der Waals surface area (Å²) in [4.78, 5) is 10.2. The number of hydrogen-bond acceptors (Lipinski definition) is 5. The van der Waals surface area contributed by atoms with Crippen LogP contribution in [0.25, 0.3) is 10.6 Å². The first-order valence-electron chi connectivity index (χ1n) is 8.87. The second-order valence-corrected chi connectivity index (χ2v) is 8.12. The molecule has 3 aromatic rings. The highest BCUT2D eigenvalue weighted by Crippen LogP contribution is 2.25. The van der Waals surface area contributed by atoms with Gasteiger partial charge in [-0.05, 0) is 25.3 Å². The Labute approximate surface area is 167 Å². The first-order chi connectivity index (χ1) is 13.1. The Hall–Kier alpha value is -2.22. The molecular formula is C20H24N4OS2. The number of aliphatic hydroxyl groups is 1. The quantitative estimate of drug-likeness (QED) is 0.416. The zero-order valence-corrected chi connectivity index (χ0v) is 17.1. The maximum atomic E-state index is 10.7. The topological polar surface area (TPSA) is 69.5 Å². The predicted molar refractivity (Wildman–Crippen MR) is 114 cm³/mol. The smallest absolute Gasteiger partial charge is 0.191 e. The summed E-state index contributed by atoms with van der Waals surface area (Å²) in [6.45, 7) is 5.44. The van der Waals surface area contributed by atoms with Crippen molar-refractivity contribution in [1.82, 2.24) is 15.6 Å². The number of nitrogens with zero attached hydrogens (tertiary/aromatic N) is 2. The third-order valence-corrected chi connectivity index (χ3v) is 6.03. The Morgan fingerprint density at radius 1 is 1.15 bits per heavy atom. The van der Waals surface area contributed by atoms with Crippen LogP contribution in [0.4, 0.5) is 0 Å². The van der Waals surface area contributed by atoms with Gasteiger partial charge in [0.25, 0.3) is 0 Å². The van der Waals surface area contributed by atoms with Crippen molar-refractivity contribution in [2.45, 2.75) is 26.0 Å². The molecule has 0 radical (unpaired) electrons. The van der Waals surface area contributed by atoms with Crippen LogP contribution in [0.5, 0.6) is 0 Å². The lowest BCUT2D eigenvalue weighted by Gasteiger charge is -2.23. The number of nitrogens with one attached hydrogen (secondary N) is 2. The Bertz CT molecular complexity index is 857. The number of rotatable bonds is 7. The molecule has 3 rings (SSSR count). The first kappa shape index (κ1) is 19.5. The maximum Gasteiger partial charge on any atom is 0.191 e. The van der Waals surface area contributed by atoms with Crippen LogP contribution >= 0.6 is 22.7 Å². The Kier molecular flexibility index (Phi) is 6.60. The van der Waals surface area contributed by atoms with E-state index >= 15 is 0 Å². The molecule has 0 fully saturated rings. The third kappa shape index (κ3) is 5.38. The molecule has 3 N–H and O–H groups in total. The first-order valence-corrected chi connectivity index (χ1v) is 10.6. The molecule has 0 aliphatic heterocycles. The molecule has 0 aliphatic carbocycles. The van der Waals surface area contributed by atoms with E-state index < -0.39 is 5.60 Å². The predicted octanol–water partition coefficient (Wildman–Crippen LogP) is 3.83.